The largest absolute Gasteiger partial charge is 0.377 e. The standard InChI is InChI=1S/C12H16FN3O3/c1-15-4-5-19-10(8-15)7-14-11-3-2-9(13)6-12(11)16(17)18/h2-3,6,10,14H,4-5,7-8H2,1H3. The van der Waals surface area contributed by atoms with Gasteiger partial charge < -0.3 is 15.0 Å². The quantitative estimate of drug-likeness (QED) is 0.662. The molecule has 0 amide bonds. The highest BCUT2D eigenvalue weighted by Gasteiger charge is 2.20. The van der Waals surface area contributed by atoms with E-state index in [1.165, 1.54) is 12.1 Å². The van der Waals surface area contributed by atoms with Crippen LogP contribution in [0.3, 0.4) is 0 Å². The number of rotatable bonds is 4. The fraction of sp³-hybridized carbons (Fsp3) is 0.500. The molecule has 1 fully saturated rings. The molecule has 1 unspecified atom stereocenters. The number of hydrogen-bond acceptors (Lipinski definition) is 5. The van der Waals surface area contributed by atoms with Gasteiger partial charge in [-0.3, -0.25) is 10.1 Å². The van der Waals surface area contributed by atoms with Crippen LogP contribution in [0.15, 0.2) is 18.2 Å². The van der Waals surface area contributed by atoms with Crippen molar-refractivity contribution in [1.29, 1.82) is 0 Å². The zero-order valence-electron chi connectivity index (χ0n) is 10.6. The van der Waals surface area contributed by atoms with Crippen molar-refractivity contribution in [3.63, 3.8) is 0 Å². The summed E-state index contributed by atoms with van der Waals surface area (Å²) in [5.41, 5.74) is 0.0485. The Bertz CT molecular complexity index is 470. The Hall–Kier alpha value is -1.73. The molecule has 0 radical (unpaired) electrons. The van der Waals surface area contributed by atoms with Crippen molar-refractivity contribution in [3.8, 4) is 0 Å². The Kier molecular flexibility index (Phi) is 4.28. The number of morpholine rings is 1. The van der Waals surface area contributed by atoms with Crippen molar-refractivity contribution in [3.05, 3.63) is 34.1 Å². The Morgan fingerprint density at radius 3 is 3.11 bits per heavy atom. The van der Waals surface area contributed by atoms with E-state index in [1.54, 1.807) is 0 Å². The van der Waals surface area contributed by atoms with Crippen LogP contribution in [0.1, 0.15) is 0 Å². The molecule has 1 aliphatic rings. The van der Waals surface area contributed by atoms with Gasteiger partial charge in [0.15, 0.2) is 0 Å². The van der Waals surface area contributed by atoms with Crippen molar-refractivity contribution in [2.45, 2.75) is 6.10 Å². The van der Waals surface area contributed by atoms with Gasteiger partial charge in [0, 0.05) is 19.6 Å². The lowest BCUT2D eigenvalue weighted by Crippen LogP contribution is -2.43. The predicted molar refractivity (Wildman–Crippen MR) is 68.8 cm³/mol. The van der Waals surface area contributed by atoms with Crippen molar-refractivity contribution >= 4 is 11.4 Å². The summed E-state index contributed by atoms with van der Waals surface area (Å²) in [4.78, 5) is 12.4. The second-order valence-corrected chi connectivity index (χ2v) is 4.55. The molecule has 1 atom stereocenters. The van der Waals surface area contributed by atoms with E-state index in [2.05, 4.69) is 10.2 Å². The maximum atomic E-state index is 13.0. The Labute approximate surface area is 110 Å². The zero-order chi connectivity index (χ0) is 13.8. The molecule has 1 aliphatic heterocycles. The molecule has 0 bridgehead atoms. The lowest BCUT2D eigenvalue weighted by molar-refractivity contribution is -0.384. The van der Waals surface area contributed by atoms with E-state index >= 15 is 0 Å². The molecule has 6 nitrogen and oxygen atoms in total. The Morgan fingerprint density at radius 1 is 1.63 bits per heavy atom. The van der Waals surface area contributed by atoms with Gasteiger partial charge in [0.1, 0.15) is 11.5 Å². The molecule has 0 saturated carbocycles. The minimum Gasteiger partial charge on any atom is -0.377 e. The van der Waals surface area contributed by atoms with Crippen LogP contribution in [-0.2, 0) is 4.74 Å². The molecular weight excluding hydrogens is 253 g/mol. The van der Waals surface area contributed by atoms with Crippen LogP contribution in [0.5, 0.6) is 0 Å². The average Bonchev–Trinajstić information content (AvgIpc) is 2.37. The van der Waals surface area contributed by atoms with Gasteiger partial charge in [0.2, 0.25) is 0 Å². The summed E-state index contributed by atoms with van der Waals surface area (Å²) < 4.78 is 18.5. The van der Waals surface area contributed by atoms with Crippen LogP contribution in [0, 0.1) is 15.9 Å². The maximum Gasteiger partial charge on any atom is 0.295 e. The molecular formula is C12H16FN3O3. The fourth-order valence-corrected chi connectivity index (χ4v) is 2.02. The van der Waals surface area contributed by atoms with Crippen molar-refractivity contribution < 1.29 is 14.1 Å². The monoisotopic (exact) mass is 269 g/mol. The summed E-state index contributed by atoms with van der Waals surface area (Å²) in [5, 5.41) is 13.8. The van der Waals surface area contributed by atoms with E-state index < -0.39 is 10.7 Å². The van der Waals surface area contributed by atoms with Gasteiger partial charge in [0.25, 0.3) is 5.69 Å². The molecule has 1 heterocycles. The molecule has 2 rings (SSSR count). The van der Waals surface area contributed by atoms with E-state index in [0.717, 1.165) is 19.2 Å². The van der Waals surface area contributed by atoms with Gasteiger partial charge in [-0.1, -0.05) is 0 Å². The predicted octanol–water partition coefficient (Wildman–Crippen LogP) is 1.48. The smallest absolute Gasteiger partial charge is 0.295 e. The Balaban J connectivity index is 2.01. The minimum atomic E-state index is -0.620. The van der Waals surface area contributed by atoms with Crippen molar-refractivity contribution in [2.24, 2.45) is 0 Å². The third-order valence-corrected chi connectivity index (χ3v) is 3.02. The summed E-state index contributed by atoms with van der Waals surface area (Å²) >= 11 is 0. The summed E-state index contributed by atoms with van der Waals surface area (Å²) in [6.07, 6.45) is -0.0246. The molecule has 104 valence electrons. The molecule has 1 N–H and O–H groups in total. The van der Waals surface area contributed by atoms with Crippen LogP contribution in [0.2, 0.25) is 0 Å². The van der Waals surface area contributed by atoms with E-state index in [1.807, 2.05) is 7.05 Å². The Morgan fingerprint density at radius 2 is 2.42 bits per heavy atom. The number of likely N-dealkylation sites (N-methyl/N-ethyl adjacent to an activating group) is 1. The highest BCUT2D eigenvalue weighted by Crippen LogP contribution is 2.25. The third-order valence-electron chi connectivity index (χ3n) is 3.02. The summed E-state index contributed by atoms with van der Waals surface area (Å²) in [7, 11) is 2.00. The number of nitrogens with zero attached hydrogens (tertiary/aromatic N) is 2. The van der Waals surface area contributed by atoms with Gasteiger partial charge in [-0.05, 0) is 19.2 Å². The minimum absolute atomic E-state index is 0.0246. The number of hydrogen-bond donors (Lipinski definition) is 1. The number of nitro benzene ring substituents is 1. The maximum absolute atomic E-state index is 13.0. The number of nitrogens with one attached hydrogen (secondary N) is 1. The van der Waals surface area contributed by atoms with Gasteiger partial charge in [-0.25, -0.2) is 4.39 Å². The first-order valence-electron chi connectivity index (χ1n) is 6.04. The second-order valence-electron chi connectivity index (χ2n) is 4.55. The first-order valence-corrected chi connectivity index (χ1v) is 6.04. The number of nitro groups is 1. The molecule has 7 heteroatoms. The van der Waals surface area contributed by atoms with E-state index in [0.29, 0.717) is 18.8 Å². The lowest BCUT2D eigenvalue weighted by atomic mass is 10.2. The van der Waals surface area contributed by atoms with Crippen LogP contribution >= 0.6 is 0 Å². The zero-order valence-corrected chi connectivity index (χ0v) is 10.6. The van der Waals surface area contributed by atoms with E-state index in [9.17, 15) is 14.5 Å². The summed E-state index contributed by atoms with van der Waals surface area (Å²) in [6, 6.07) is 3.49. The number of ether oxygens (including phenoxy) is 1. The number of halogens is 1. The highest BCUT2D eigenvalue weighted by atomic mass is 19.1. The van der Waals surface area contributed by atoms with Crippen LogP contribution in [0.25, 0.3) is 0 Å². The van der Waals surface area contributed by atoms with Crippen LogP contribution < -0.4 is 5.32 Å². The van der Waals surface area contributed by atoms with E-state index in [4.69, 9.17) is 4.74 Å². The molecule has 1 aromatic carbocycles. The molecule has 0 aromatic heterocycles. The van der Waals surface area contributed by atoms with Gasteiger partial charge in [0.05, 0.1) is 23.7 Å². The number of benzene rings is 1. The van der Waals surface area contributed by atoms with Gasteiger partial charge >= 0.3 is 0 Å². The lowest BCUT2D eigenvalue weighted by Gasteiger charge is -2.30. The molecule has 1 aromatic rings. The van der Waals surface area contributed by atoms with Gasteiger partial charge in [-0.2, -0.15) is 0 Å². The molecule has 0 spiro atoms. The third kappa shape index (κ3) is 3.62. The van der Waals surface area contributed by atoms with Crippen molar-refractivity contribution in [1.82, 2.24) is 4.90 Å². The topological polar surface area (TPSA) is 67.6 Å². The average molecular weight is 269 g/mol. The summed E-state index contributed by atoms with van der Waals surface area (Å²) in [5.74, 6) is -0.620. The first kappa shape index (κ1) is 13.7. The normalized spacial score (nSPS) is 20.2. The van der Waals surface area contributed by atoms with E-state index in [-0.39, 0.29) is 11.8 Å². The fourth-order valence-electron chi connectivity index (χ4n) is 2.02. The second kappa shape index (κ2) is 5.94. The van der Waals surface area contributed by atoms with Gasteiger partial charge in [-0.15, -0.1) is 0 Å². The SMILES string of the molecule is CN1CCOC(CNc2ccc(F)cc2[N+](=O)[O-])C1. The first-order chi connectivity index (χ1) is 9.06. The van der Waals surface area contributed by atoms with Crippen LogP contribution in [0.4, 0.5) is 15.8 Å². The highest BCUT2D eigenvalue weighted by molar-refractivity contribution is 5.61. The number of anilines is 1. The summed E-state index contributed by atoms with van der Waals surface area (Å²) in [6.45, 7) is 2.75. The molecule has 19 heavy (non-hydrogen) atoms. The molecule has 0 aliphatic carbocycles. The molecule has 1 saturated heterocycles. The van der Waals surface area contributed by atoms with Crippen LogP contribution in [-0.4, -0.2) is 49.2 Å². The van der Waals surface area contributed by atoms with Crippen molar-refractivity contribution in [2.75, 3.05) is 38.6 Å².